The molecule has 2 unspecified atom stereocenters. The van der Waals surface area contributed by atoms with Gasteiger partial charge in [0.1, 0.15) is 0 Å². The zero-order chi connectivity index (χ0) is 15.8. The Morgan fingerprint density at radius 1 is 1.33 bits per heavy atom. The summed E-state index contributed by atoms with van der Waals surface area (Å²) in [6.45, 7) is 9.58. The fourth-order valence-electron chi connectivity index (χ4n) is 2.76. The van der Waals surface area contributed by atoms with E-state index in [9.17, 15) is 8.42 Å². The standard InChI is InChI=1S/C16H26N2O2S/c1-12(17)13-6-5-7-15(10-13)21(19,20)18-9-8-14(11-18)16(2,3)4/h5-7,10,12,14H,8-9,11,17H2,1-4H3. The Balaban J connectivity index is 2.26. The van der Waals surface area contributed by atoms with Crippen LogP contribution in [0.4, 0.5) is 0 Å². The second-order valence-corrected chi connectivity index (χ2v) is 9.01. The van der Waals surface area contributed by atoms with Crippen molar-refractivity contribution in [3.63, 3.8) is 0 Å². The first kappa shape index (κ1) is 16.5. The molecule has 1 aliphatic heterocycles. The minimum atomic E-state index is -3.41. The highest BCUT2D eigenvalue weighted by Crippen LogP contribution is 2.35. The molecule has 1 heterocycles. The monoisotopic (exact) mass is 310 g/mol. The summed E-state index contributed by atoms with van der Waals surface area (Å²) in [7, 11) is -3.41. The van der Waals surface area contributed by atoms with Gasteiger partial charge in [-0.25, -0.2) is 8.42 Å². The summed E-state index contributed by atoms with van der Waals surface area (Å²) in [5, 5.41) is 0. The van der Waals surface area contributed by atoms with Gasteiger partial charge >= 0.3 is 0 Å². The first-order valence-corrected chi connectivity index (χ1v) is 8.92. The molecule has 2 atom stereocenters. The third-order valence-electron chi connectivity index (χ3n) is 4.40. The molecule has 118 valence electrons. The van der Waals surface area contributed by atoms with Crippen molar-refractivity contribution < 1.29 is 8.42 Å². The lowest BCUT2D eigenvalue weighted by Gasteiger charge is -2.27. The highest BCUT2D eigenvalue weighted by molar-refractivity contribution is 7.89. The largest absolute Gasteiger partial charge is 0.324 e. The molecular weight excluding hydrogens is 284 g/mol. The van der Waals surface area contributed by atoms with Crippen molar-refractivity contribution in [2.75, 3.05) is 13.1 Å². The lowest BCUT2D eigenvalue weighted by molar-refractivity contribution is 0.252. The molecule has 0 amide bonds. The summed E-state index contributed by atoms with van der Waals surface area (Å²) >= 11 is 0. The van der Waals surface area contributed by atoms with Gasteiger partial charge in [-0.1, -0.05) is 32.9 Å². The minimum absolute atomic E-state index is 0.137. The van der Waals surface area contributed by atoms with Gasteiger partial charge in [-0.15, -0.1) is 0 Å². The van der Waals surface area contributed by atoms with E-state index in [0.717, 1.165) is 12.0 Å². The summed E-state index contributed by atoms with van der Waals surface area (Å²) in [5.74, 6) is 0.406. The van der Waals surface area contributed by atoms with Gasteiger partial charge in [0.2, 0.25) is 10.0 Å². The van der Waals surface area contributed by atoms with E-state index in [-0.39, 0.29) is 11.5 Å². The Bertz CT molecular complexity index is 603. The molecule has 1 aliphatic rings. The van der Waals surface area contributed by atoms with Crippen molar-refractivity contribution in [2.45, 2.75) is 45.1 Å². The summed E-state index contributed by atoms with van der Waals surface area (Å²) in [5.41, 5.74) is 6.84. The maximum Gasteiger partial charge on any atom is 0.243 e. The molecule has 0 aromatic heterocycles. The maximum atomic E-state index is 12.8. The molecule has 2 N–H and O–H groups in total. The number of nitrogens with zero attached hydrogens (tertiary/aromatic N) is 1. The smallest absolute Gasteiger partial charge is 0.243 e. The van der Waals surface area contributed by atoms with Crippen molar-refractivity contribution in [3.05, 3.63) is 29.8 Å². The van der Waals surface area contributed by atoms with Gasteiger partial charge in [-0.05, 0) is 42.4 Å². The van der Waals surface area contributed by atoms with Gasteiger partial charge < -0.3 is 5.73 Å². The van der Waals surface area contributed by atoms with Crippen LogP contribution in [0.25, 0.3) is 0 Å². The molecule has 2 rings (SSSR count). The van der Waals surface area contributed by atoms with E-state index in [4.69, 9.17) is 5.73 Å². The van der Waals surface area contributed by atoms with Crippen LogP contribution in [0.5, 0.6) is 0 Å². The number of rotatable bonds is 3. The Morgan fingerprint density at radius 3 is 2.52 bits per heavy atom. The fourth-order valence-corrected chi connectivity index (χ4v) is 4.32. The molecule has 1 saturated heterocycles. The minimum Gasteiger partial charge on any atom is -0.324 e. The van der Waals surface area contributed by atoms with E-state index in [1.807, 2.05) is 13.0 Å². The molecule has 0 radical (unpaired) electrons. The van der Waals surface area contributed by atoms with Crippen LogP contribution >= 0.6 is 0 Å². The zero-order valence-electron chi connectivity index (χ0n) is 13.3. The van der Waals surface area contributed by atoms with E-state index in [1.54, 1.807) is 22.5 Å². The third kappa shape index (κ3) is 3.47. The van der Waals surface area contributed by atoms with E-state index < -0.39 is 10.0 Å². The average Bonchev–Trinajstić information content (AvgIpc) is 2.89. The third-order valence-corrected chi connectivity index (χ3v) is 6.26. The average molecular weight is 310 g/mol. The number of hydrogen-bond acceptors (Lipinski definition) is 3. The fraction of sp³-hybridized carbons (Fsp3) is 0.625. The summed E-state index contributed by atoms with van der Waals surface area (Å²) < 4.78 is 27.1. The molecule has 21 heavy (non-hydrogen) atoms. The molecule has 0 saturated carbocycles. The zero-order valence-corrected chi connectivity index (χ0v) is 14.2. The molecule has 4 nitrogen and oxygen atoms in total. The van der Waals surface area contributed by atoms with E-state index in [1.165, 1.54) is 0 Å². The predicted octanol–water partition coefficient (Wildman–Crippen LogP) is 2.76. The molecule has 0 spiro atoms. The first-order valence-electron chi connectivity index (χ1n) is 7.48. The van der Waals surface area contributed by atoms with Gasteiger partial charge in [0.25, 0.3) is 0 Å². The summed E-state index contributed by atoms with van der Waals surface area (Å²) in [6, 6.07) is 6.82. The summed E-state index contributed by atoms with van der Waals surface area (Å²) in [4.78, 5) is 0.354. The van der Waals surface area contributed by atoms with Crippen molar-refractivity contribution in [1.82, 2.24) is 4.31 Å². The van der Waals surface area contributed by atoms with Gasteiger partial charge in [0.15, 0.2) is 0 Å². The Kier molecular flexibility index (Phi) is 4.47. The normalized spacial score (nSPS) is 22.4. The molecule has 5 heteroatoms. The van der Waals surface area contributed by atoms with Gasteiger partial charge in [-0.2, -0.15) is 4.31 Å². The van der Waals surface area contributed by atoms with E-state index in [2.05, 4.69) is 20.8 Å². The maximum absolute atomic E-state index is 12.8. The number of sulfonamides is 1. The van der Waals surface area contributed by atoms with E-state index in [0.29, 0.717) is 23.9 Å². The van der Waals surface area contributed by atoms with Crippen molar-refractivity contribution >= 4 is 10.0 Å². The molecule has 1 fully saturated rings. The first-order chi connectivity index (χ1) is 9.62. The molecule has 0 aliphatic carbocycles. The molecule has 1 aromatic rings. The second-order valence-electron chi connectivity index (χ2n) is 7.08. The quantitative estimate of drug-likeness (QED) is 0.933. The van der Waals surface area contributed by atoms with Crippen molar-refractivity contribution in [3.8, 4) is 0 Å². The SMILES string of the molecule is CC(N)c1cccc(S(=O)(=O)N2CCC(C(C)(C)C)C2)c1. The topological polar surface area (TPSA) is 63.4 Å². The van der Waals surface area contributed by atoms with Gasteiger partial charge in [0.05, 0.1) is 4.90 Å². The Morgan fingerprint density at radius 2 is 2.00 bits per heavy atom. The highest BCUT2D eigenvalue weighted by atomic mass is 32.2. The molecule has 1 aromatic carbocycles. The van der Waals surface area contributed by atoms with Crippen molar-refractivity contribution in [2.24, 2.45) is 17.1 Å². The van der Waals surface area contributed by atoms with Crippen LogP contribution < -0.4 is 5.73 Å². The Hall–Kier alpha value is -0.910. The highest BCUT2D eigenvalue weighted by Gasteiger charge is 2.37. The number of nitrogens with two attached hydrogens (primary N) is 1. The van der Waals surface area contributed by atoms with Gasteiger partial charge in [-0.3, -0.25) is 0 Å². The van der Waals surface area contributed by atoms with Crippen LogP contribution in [0.1, 0.15) is 45.7 Å². The van der Waals surface area contributed by atoms with Crippen LogP contribution in [-0.4, -0.2) is 25.8 Å². The van der Waals surface area contributed by atoms with Crippen LogP contribution in [0.15, 0.2) is 29.2 Å². The van der Waals surface area contributed by atoms with Crippen molar-refractivity contribution in [1.29, 1.82) is 0 Å². The lowest BCUT2D eigenvalue weighted by Crippen LogP contribution is -2.31. The second kappa shape index (κ2) is 5.71. The molecule has 0 bridgehead atoms. The summed E-state index contributed by atoms with van der Waals surface area (Å²) in [6.07, 6.45) is 0.926. The van der Waals surface area contributed by atoms with Crippen LogP contribution in [0, 0.1) is 11.3 Å². The lowest BCUT2D eigenvalue weighted by atomic mass is 9.80. The Labute approximate surface area is 128 Å². The molecular formula is C16H26N2O2S. The van der Waals surface area contributed by atoms with Crippen LogP contribution in [-0.2, 0) is 10.0 Å². The number of benzene rings is 1. The van der Waals surface area contributed by atoms with E-state index >= 15 is 0 Å². The van der Waals surface area contributed by atoms with Crippen LogP contribution in [0.2, 0.25) is 0 Å². The van der Waals surface area contributed by atoms with Gasteiger partial charge in [0, 0.05) is 19.1 Å². The van der Waals surface area contributed by atoms with Crippen LogP contribution in [0.3, 0.4) is 0 Å². The predicted molar refractivity (Wildman–Crippen MR) is 85.4 cm³/mol. The number of hydrogen-bond donors (Lipinski definition) is 1.